The summed E-state index contributed by atoms with van der Waals surface area (Å²) >= 11 is 0. The van der Waals surface area contributed by atoms with E-state index >= 15 is 0 Å². The summed E-state index contributed by atoms with van der Waals surface area (Å²) in [7, 11) is 1.80. The minimum Gasteiger partial charge on any atom is -0.475 e. The molecule has 5 rings (SSSR count). The molecule has 2 aromatic carbocycles. The third-order valence-electron chi connectivity index (χ3n) is 6.50. The largest absolute Gasteiger partial charge is 0.475 e. The number of likely N-dealkylation sites (N-methyl/N-ethyl adjacent to an activating group) is 1. The molecule has 1 atom stereocenters. The van der Waals surface area contributed by atoms with E-state index in [4.69, 9.17) is 0 Å². The van der Waals surface area contributed by atoms with E-state index in [1.54, 1.807) is 16.6 Å². The average Bonchev–Trinajstić information content (AvgIpc) is 3.49. The van der Waals surface area contributed by atoms with E-state index in [1.807, 2.05) is 55.5 Å². The fourth-order valence-corrected chi connectivity index (χ4v) is 4.91. The van der Waals surface area contributed by atoms with Crippen molar-refractivity contribution >= 4 is 23.3 Å². The van der Waals surface area contributed by atoms with Gasteiger partial charge in [0, 0.05) is 18.7 Å². The Morgan fingerprint density at radius 1 is 1.06 bits per heavy atom. The number of carboxylic acid groups (broad SMARTS) is 1. The third kappa shape index (κ3) is 3.23. The van der Waals surface area contributed by atoms with Crippen molar-refractivity contribution in [1.29, 1.82) is 0 Å². The molecule has 1 amide bonds. The van der Waals surface area contributed by atoms with Gasteiger partial charge in [-0.2, -0.15) is 0 Å². The van der Waals surface area contributed by atoms with Gasteiger partial charge in [-0.3, -0.25) is 4.79 Å². The Morgan fingerprint density at radius 2 is 1.78 bits per heavy atom. The number of aromatic nitrogens is 3. The molecule has 8 heteroatoms. The van der Waals surface area contributed by atoms with Crippen LogP contribution < -0.4 is 9.80 Å². The third-order valence-corrected chi connectivity index (χ3v) is 6.50. The van der Waals surface area contributed by atoms with Crippen molar-refractivity contribution in [2.45, 2.75) is 44.7 Å². The molecule has 1 aliphatic heterocycles. The van der Waals surface area contributed by atoms with E-state index in [1.165, 1.54) is 0 Å². The van der Waals surface area contributed by atoms with Crippen molar-refractivity contribution in [1.82, 2.24) is 14.8 Å². The molecule has 2 heterocycles. The van der Waals surface area contributed by atoms with E-state index in [2.05, 4.69) is 15.0 Å². The molecule has 0 spiro atoms. The van der Waals surface area contributed by atoms with Gasteiger partial charge in [-0.05, 0) is 50.1 Å². The predicted molar refractivity (Wildman–Crippen MR) is 121 cm³/mol. The van der Waals surface area contributed by atoms with Crippen LogP contribution in [-0.4, -0.2) is 50.9 Å². The lowest BCUT2D eigenvalue weighted by Crippen LogP contribution is -2.54. The number of para-hydroxylation sites is 1. The molecule has 1 fully saturated rings. The Hall–Kier alpha value is -3.68. The highest BCUT2D eigenvalue weighted by Crippen LogP contribution is 2.42. The van der Waals surface area contributed by atoms with Crippen LogP contribution in [-0.2, 0) is 4.79 Å². The normalized spacial score (nSPS) is 18.8. The topological polar surface area (TPSA) is 91.6 Å². The maximum atomic E-state index is 12.9. The van der Waals surface area contributed by atoms with Crippen molar-refractivity contribution in [3.05, 3.63) is 54.4 Å². The van der Waals surface area contributed by atoms with E-state index < -0.39 is 5.97 Å². The number of benzene rings is 2. The summed E-state index contributed by atoms with van der Waals surface area (Å²) in [5.74, 6) is -0.895. The first-order valence-electron chi connectivity index (χ1n) is 10.9. The molecule has 1 aliphatic carbocycles. The second kappa shape index (κ2) is 7.78. The molecule has 0 radical (unpaired) electrons. The van der Waals surface area contributed by atoms with E-state index in [9.17, 15) is 14.7 Å². The molecular formula is C24H25N5O3. The lowest BCUT2D eigenvalue weighted by molar-refractivity contribution is -0.119. The van der Waals surface area contributed by atoms with Crippen LogP contribution >= 0.6 is 0 Å². The van der Waals surface area contributed by atoms with Crippen molar-refractivity contribution in [2.75, 3.05) is 16.8 Å². The number of carbonyl (C=O) groups excluding carboxylic acids is 1. The summed E-state index contributed by atoms with van der Waals surface area (Å²) in [5, 5.41) is 13.7. The van der Waals surface area contributed by atoms with Crippen LogP contribution in [0.25, 0.3) is 17.1 Å². The fraction of sp³-hybridized carbons (Fsp3) is 0.333. The lowest BCUT2D eigenvalue weighted by atomic mass is 10.0. The number of carboxylic acids is 1. The van der Waals surface area contributed by atoms with Gasteiger partial charge in [-0.1, -0.05) is 31.0 Å². The summed E-state index contributed by atoms with van der Waals surface area (Å²) in [6, 6.07) is 15.2. The van der Waals surface area contributed by atoms with Gasteiger partial charge in [0.2, 0.25) is 5.91 Å². The Labute approximate surface area is 186 Å². The highest BCUT2D eigenvalue weighted by Gasteiger charge is 2.38. The summed E-state index contributed by atoms with van der Waals surface area (Å²) in [6.45, 7) is 1.96. The quantitative estimate of drug-likeness (QED) is 0.677. The highest BCUT2D eigenvalue weighted by atomic mass is 16.4. The van der Waals surface area contributed by atoms with Crippen LogP contribution in [0, 0.1) is 0 Å². The number of amides is 1. The minimum absolute atomic E-state index is 0.0813. The molecule has 164 valence electrons. The van der Waals surface area contributed by atoms with Crippen LogP contribution in [0.3, 0.4) is 0 Å². The van der Waals surface area contributed by atoms with Gasteiger partial charge < -0.3 is 14.9 Å². The highest BCUT2D eigenvalue weighted by molar-refractivity contribution is 6.05. The number of hydrogen-bond acceptors (Lipinski definition) is 5. The number of carbonyl (C=O) groups is 2. The van der Waals surface area contributed by atoms with Crippen molar-refractivity contribution in [3.63, 3.8) is 0 Å². The summed E-state index contributed by atoms with van der Waals surface area (Å²) in [4.78, 5) is 32.8. The predicted octanol–water partition coefficient (Wildman–Crippen LogP) is 3.75. The molecule has 0 saturated heterocycles. The van der Waals surface area contributed by atoms with Crippen LogP contribution in [0.2, 0.25) is 0 Å². The second-order valence-electron chi connectivity index (χ2n) is 8.43. The zero-order valence-electron chi connectivity index (χ0n) is 18.1. The Bertz CT molecular complexity index is 1180. The molecule has 0 unspecified atom stereocenters. The molecule has 3 aromatic rings. The molecule has 32 heavy (non-hydrogen) atoms. The number of rotatable bonds is 4. The van der Waals surface area contributed by atoms with Crippen molar-refractivity contribution in [3.8, 4) is 17.1 Å². The van der Waals surface area contributed by atoms with Gasteiger partial charge in [-0.15, -0.1) is 5.10 Å². The molecule has 8 nitrogen and oxygen atoms in total. The standard InChI is InChI=1S/C24H25N5O3/c1-15-23(30)27(2)19-13-12-16(14-20(19)28(15)17-8-6-7-9-17)22-25-21(24(31)32)26-29(22)18-10-4-3-5-11-18/h3-5,10-15,17H,6-9H2,1-2H3,(H,31,32)/t15-/m1/s1. The average molecular weight is 431 g/mol. The maximum Gasteiger partial charge on any atom is 0.375 e. The van der Waals surface area contributed by atoms with Gasteiger partial charge >= 0.3 is 5.97 Å². The van der Waals surface area contributed by atoms with Gasteiger partial charge in [0.15, 0.2) is 5.82 Å². The Balaban J connectivity index is 1.67. The molecular weight excluding hydrogens is 406 g/mol. The van der Waals surface area contributed by atoms with Crippen molar-refractivity contribution < 1.29 is 14.7 Å². The first-order chi connectivity index (χ1) is 15.5. The summed E-state index contributed by atoms with van der Waals surface area (Å²) in [5.41, 5.74) is 3.32. The molecule has 2 aliphatic rings. The smallest absolute Gasteiger partial charge is 0.375 e. The summed E-state index contributed by atoms with van der Waals surface area (Å²) in [6.07, 6.45) is 4.46. The zero-order chi connectivity index (χ0) is 22.4. The summed E-state index contributed by atoms with van der Waals surface area (Å²) < 4.78 is 1.56. The van der Waals surface area contributed by atoms with Gasteiger partial charge in [0.1, 0.15) is 6.04 Å². The number of anilines is 2. The SMILES string of the molecule is C[C@@H]1C(=O)N(C)c2ccc(-c3nc(C(=O)O)nn3-c3ccccc3)cc2N1C1CCCC1. The second-order valence-corrected chi connectivity index (χ2v) is 8.43. The van der Waals surface area contributed by atoms with Gasteiger partial charge in [0.25, 0.3) is 5.82 Å². The number of nitrogens with zero attached hydrogens (tertiary/aromatic N) is 5. The lowest BCUT2D eigenvalue weighted by Gasteiger charge is -2.43. The van der Waals surface area contributed by atoms with Crippen molar-refractivity contribution in [2.24, 2.45) is 0 Å². The molecule has 1 N–H and O–H groups in total. The number of hydrogen-bond donors (Lipinski definition) is 1. The molecule has 1 saturated carbocycles. The van der Waals surface area contributed by atoms with E-state index in [-0.39, 0.29) is 17.8 Å². The zero-order valence-corrected chi connectivity index (χ0v) is 18.1. The molecule has 1 aromatic heterocycles. The Kier molecular flexibility index (Phi) is 4.92. The van der Waals surface area contributed by atoms with Gasteiger partial charge in [0.05, 0.1) is 17.1 Å². The minimum atomic E-state index is -1.18. The fourth-order valence-electron chi connectivity index (χ4n) is 4.91. The van der Waals surface area contributed by atoms with Gasteiger partial charge in [-0.25, -0.2) is 14.5 Å². The van der Waals surface area contributed by atoms with E-state index in [0.29, 0.717) is 11.9 Å². The number of aromatic carboxylic acids is 1. The van der Waals surface area contributed by atoms with E-state index in [0.717, 1.165) is 48.3 Å². The van der Waals surface area contributed by atoms with Crippen LogP contribution in [0.1, 0.15) is 43.2 Å². The first-order valence-corrected chi connectivity index (χ1v) is 10.9. The Morgan fingerprint density at radius 3 is 2.47 bits per heavy atom. The number of fused-ring (bicyclic) bond motifs is 1. The van der Waals surface area contributed by atoms with Crippen LogP contribution in [0.5, 0.6) is 0 Å². The maximum absolute atomic E-state index is 12.9. The van der Waals surface area contributed by atoms with Crippen LogP contribution in [0.15, 0.2) is 48.5 Å². The molecule has 0 bridgehead atoms. The van der Waals surface area contributed by atoms with Crippen LogP contribution in [0.4, 0.5) is 11.4 Å². The monoisotopic (exact) mass is 431 g/mol. The first kappa shape index (κ1) is 20.2.